The average Bonchev–Trinajstić information content (AvgIpc) is 3.60. The summed E-state index contributed by atoms with van der Waals surface area (Å²) in [7, 11) is 0. The first-order valence-electron chi connectivity index (χ1n) is 21.4. The number of anilines is 3. The highest BCUT2D eigenvalue weighted by Gasteiger charge is 2.80. The van der Waals surface area contributed by atoms with Gasteiger partial charge in [0.1, 0.15) is 0 Å². The highest BCUT2D eigenvalue weighted by molar-refractivity contribution is 6.04. The van der Waals surface area contributed by atoms with E-state index in [0.717, 1.165) is 17.8 Å². The number of benzene rings is 5. The molecule has 0 aromatic heterocycles. The Morgan fingerprint density at radius 1 is 0.491 bits per heavy atom. The predicted octanol–water partition coefficient (Wildman–Crippen LogP) is 15.2. The predicted molar refractivity (Wildman–Crippen MR) is 237 cm³/mol. The van der Waals surface area contributed by atoms with Gasteiger partial charge in [-0.25, -0.2) is 0 Å². The first-order chi connectivity index (χ1) is 25.7. The molecule has 5 atom stereocenters. The molecule has 9 rings (SSSR count). The maximum absolute atomic E-state index is 2.63. The van der Waals surface area contributed by atoms with Gasteiger partial charge in [0.25, 0.3) is 0 Å². The molecule has 0 radical (unpaired) electrons. The van der Waals surface area contributed by atoms with Crippen LogP contribution >= 0.6 is 0 Å². The van der Waals surface area contributed by atoms with E-state index in [9.17, 15) is 0 Å². The number of nitrogens with zero attached hydrogens (tertiary/aromatic N) is 1. The third-order valence-electron chi connectivity index (χ3n) is 15.1. The van der Waals surface area contributed by atoms with Crippen LogP contribution in [0.2, 0.25) is 0 Å². The number of rotatable bonds is 5. The summed E-state index contributed by atoms with van der Waals surface area (Å²) in [5, 5.41) is 2.89. The number of fused-ring (bicyclic) bond motifs is 2. The van der Waals surface area contributed by atoms with E-state index >= 15 is 0 Å². The quantitative estimate of drug-likeness (QED) is 0.174. The first-order valence-corrected chi connectivity index (χ1v) is 21.4. The molecule has 1 nitrogen and oxygen atoms in total. The molecule has 4 aliphatic carbocycles. The molecule has 5 aromatic rings. The van der Waals surface area contributed by atoms with Gasteiger partial charge < -0.3 is 4.90 Å². The Kier molecular flexibility index (Phi) is 7.92. The summed E-state index contributed by atoms with van der Waals surface area (Å²) in [6.45, 7) is 28.3. The Hall–Kier alpha value is -3.84. The molecule has 2 bridgehead atoms. The first kappa shape index (κ1) is 36.8. The van der Waals surface area contributed by atoms with Crippen LogP contribution in [0.1, 0.15) is 143 Å². The Morgan fingerprint density at radius 2 is 1.00 bits per heavy atom. The summed E-state index contributed by atoms with van der Waals surface area (Å²) in [5.41, 5.74) is 14.5. The van der Waals surface area contributed by atoms with Crippen molar-refractivity contribution in [2.75, 3.05) is 4.90 Å². The van der Waals surface area contributed by atoms with Crippen LogP contribution in [0.15, 0.2) is 97.1 Å². The van der Waals surface area contributed by atoms with Crippen LogP contribution in [0.5, 0.6) is 0 Å². The van der Waals surface area contributed by atoms with Crippen molar-refractivity contribution in [1.29, 1.82) is 0 Å². The minimum absolute atomic E-state index is 0.00500. The van der Waals surface area contributed by atoms with Crippen molar-refractivity contribution >= 4 is 27.8 Å². The standard InChI is InChI=1S/C54H65N/c1-49(2,3)36-24-37(50(4,5)6)28-42(27-36)55(43-29-38(51(7,8)9)25-39(30-43)52(10,11)12)47-22-14-13-19-44(47)45-20-15-17-35-18-16-21-46(48(35)45)53-31-34-23-40-26-41(33-53)54(40,53)32-34/h13-22,24-25,27-30,34,40-41H,23,26,31-33H2,1-12H3. The van der Waals surface area contributed by atoms with Crippen molar-refractivity contribution in [1.82, 2.24) is 0 Å². The minimum atomic E-state index is -0.00500. The SMILES string of the molecule is CC(C)(C)c1cc(N(c2cc(C(C)(C)C)cc(C(C)(C)C)c2)c2ccccc2-c2cccc3cccc(C45CC6CC7CC(C4)C75C6)c23)cc(C(C)(C)C)c1. The van der Waals surface area contributed by atoms with Crippen molar-refractivity contribution < 1.29 is 0 Å². The molecular weight excluding hydrogens is 663 g/mol. The van der Waals surface area contributed by atoms with E-state index in [-0.39, 0.29) is 21.7 Å². The largest absolute Gasteiger partial charge is 0.310 e. The van der Waals surface area contributed by atoms with Gasteiger partial charge in [0, 0.05) is 22.4 Å². The summed E-state index contributed by atoms with van der Waals surface area (Å²) in [4.78, 5) is 2.63. The molecule has 0 aliphatic heterocycles. The average molecular weight is 728 g/mol. The molecule has 4 saturated carbocycles. The van der Waals surface area contributed by atoms with Crippen LogP contribution in [0.4, 0.5) is 17.1 Å². The van der Waals surface area contributed by atoms with E-state index in [1.165, 1.54) is 93.3 Å². The smallest absolute Gasteiger partial charge is 0.0540 e. The van der Waals surface area contributed by atoms with E-state index < -0.39 is 0 Å². The lowest BCUT2D eigenvalue weighted by molar-refractivity contribution is -0.198. The van der Waals surface area contributed by atoms with Gasteiger partial charge in [0.15, 0.2) is 0 Å². The molecule has 0 N–H and O–H groups in total. The Morgan fingerprint density at radius 3 is 1.51 bits per heavy atom. The number of para-hydroxylation sites is 1. The Labute approximate surface area is 333 Å². The molecule has 4 fully saturated rings. The van der Waals surface area contributed by atoms with Crippen LogP contribution < -0.4 is 4.90 Å². The van der Waals surface area contributed by atoms with Crippen LogP contribution in [0.3, 0.4) is 0 Å². The fraction of sp³-hybridized carbons (Fsp3) is 0.481. The number of hydrogen-bond donors (Lipinski definition) is 0. The summed E-state index contributed by atoms with van der Waals surface area (Å²) in [6.07, 6.45) is 7.24. The summed E-state index contributed by atoms with van der Waals surface area (Å²) in [6, 6.07) is 38.6. The molecule has 0 amide bonds. The summed E-state index contributed by atoms with van der Waals surface area (Å²) in [5.74, 6) is 2.82. The van der Waals surface area contributed by atoms with Crippen LogP contribution in [0.25, 0.3) is 21.9 Å². The van der Waals surface area contributed by atoms with Crippen molar-refractivity contribution in [2.45, 2.75) is 142 Å². The third kappa shape index (κ3) is 5.52. The van der Waals surface area contributed by atoms with Gasteiger partial charge in [-0.1, -0.05) is 150 Å². The van der Waals surface area contributed by atoms with E-state index in [2.05, 4.69) is 185 Å². The van der Waals surface area contributed by atoms with Gasteiger partial charge in [0.2, 0.25) is 0 Å². The normalized spacial score (nSPS) is 25.8. The second-order valence-corrected chi connectivity index (χ2v) is 22.6. The number of hydrogen-bond acceptors (Lipinski definition) is 1. The van der Waals surface area contributed by atoms with Crippen LogP contribution in [-0.4, -0.2) is 0 Å². The molecule has 286 valence electrons. The van der Waals surface area contributed by atoms with Crippen molar-refractivity contribution in [3.05, 3.63) is 125 Å². The van der Waals surface area contributed by atoms with Gasteiger partial charge in [-0.15, -0.1) is 0 Å². The third-order valence-corrected chi connectivity index (χ3v) is 15.1. The monoisotopic (exact) mass is 728 g/mol. The van der Waals surface area contributed by atoms with Crippen molar-refractivity contribution in [2.24, 2.45) is 23.2 Å². The lowest BCUT2D eigenvalue weighted by Gasteiger charge is -2.73. The Balaban J connectivity index is 1.33. The van der Waals surface area contributed by atoms with Crippen LogP contribution in [-0.2, 0) is 27.1 Å². The molecule has 0 saturated heterocycles. The van der Waals surface area contributed by atoms with E-state index in [4.69, 9.17) is 0 Å². The zero-order chi connectivity index (χ0) is 39.1. The van der Waals surface area contributed by atoms with Gasteiger partial charge in [-0.3, -0.25) is 0 Å². The second kappa shape index (κ2) is 11.8. The van der Waals surface area contributed by atoms with Crippen molar-refractivity contribution in [3.8, 4) is 11.1 Å². The maximum Gasteiger partial charge on any atom is 0.0540 e. The topological polar surface area (TPSA) is 3.24 Å². The maximum atomic E-state index is 2.63. The van der Waals surface area contributed by atoms with Gasteiger partial charge in [-0.2, -0.15) is 0 Å². The summed E-state index contributed by atoms with van der Waals surface area (Å²) < 4.78 is 0. The van der Waals surface area contributed by atoms with Gasteiger partial charge in [-0.05, 0) is 151 Å². The fourth-order valence-electron chi connectivity index (χ4n) is 12.2. The van der Waals surface area contributed by atoms with Crippen LogP contribution in [0, 0.1) is 23.2 Å². The Bertz CT molecular complexity index is 2180. The van der Waals surface area contributed by atoms with E-state index in [1.807, 2.05) is 0 Å². The van der Waals surface area contributed by atoms with E-state index in [1.54, 1.807) is 5.56 Å². The summed E-state index contributed by atoms with van der Waals surface area (Å²) >= 11 is 0. The van der Waals surface area contributed by atoms with Gasteiger partial charge >= 0.3 is 0 Å². The zero-order valence-electron chi connectivity index (χ0n) is 36.0. The molecule has 5 aromatic carbocycles. The molecular formula is C54H65N. The minimum Gasteiger partial charge on any atom is -0.310 e. The molecule has 0 heterocycles. The molecule has 4 aliphatic rings. The second-order valence-electron chi connectivity index (χ2n) is 22.6. The van der Waals surface area contributed by atoms with Crippen molar-refractivity contribution in [3.63, 3.8) is 0 Å². The van der Waals surface area contributed by atoms with Gasteiger partial charge in [0.05, 0.1) is 5.69 Å². The highest BCUT2D eigenvalue weighted by atomic mass is 15.1. The fourth-order valence-corrected chi connectivity index (χ4v) is 12.2. The zero-order valence-corrected chi connectivity index (χ0v) is 36.0. The molecule has 5 unspecified atom stereocenters. The highest BCUT2D eigenvalue weighted by Crippen LogP contribution is 2.86. The lowest BCUT2D eigenvalue weighted by Crippen LogP contribution is -2.68. The molecule has 55 heavy (non-hydrogen) atoms. The molecule has 1 spiro atoms. The molecule has 1 heteroatoms. The van der Waals surface area contributed by atoms with E-state index in [0.29, 0.717) is 10.8 Å². The lowest BCUT2D eigenvalue weighted by atomic mass is 9.30.